The molecule has 1 fully saturated rings. The maximum Gasteiger partial charge on any atom is 0.336 e. The third kappa shape index (κ3) is 9.51. The fourth-order valence-corrected chi connectivity index (χ4v) is 6.54. The molecular weight excluding hydrogens is 658 g/mol. The minimum Gasteiger partial charge on any atom is -0.466 e. The number of piperidine rings is 1. The van der Waals surface area contributed by atoms with Gasteiger partial charge in [0.05, 0.1) is 36.2 Å². The highest BCUT2D eigenvalue weighted by molar-refractivity contribution is 5.97. The van der Waals surface area contributed by atoms with E-state index in [1.807, 2.05) is 44.2 Å². The number of nitrogens with one attached hydrogen (secondary N) is 1. The molecule has 1 saturated heterocycles. The van der Waals surface area contributed by atoms with E-state index in [1.165, 1.54) is 19.2 Å². The summed E-state index contributed by atoms with van der Waals surface area (Å²) in [5.74, 6) is -1.87. The first-order valence-electron chi connectivity index (χ1n) is 17.1. The van der Waals surface area contributed by atoms with E-state index in [0.29, 0.717) is 75.3 Å². The molecule has 1 N–H and O–H groups in total. The number of carbonyl (C=O) groups is 3. The maximum absolute atomic E-state index is 14.1. The van der Waals surface area contributed by atoms with Crippen LogP contribution in [0.3, 0.4) is 0 Å². The van der Waals surface area contributed by atoms with Crippen LogP contribution in [0.1, 0.15) is 56.6 Å². The Labute approximate surface area is 297 Å². The van der Waals surface area contributed by atoms with Crippen molar-refractivity contribution in [3.05, 3.63) is 109 Å². The first kappa shape index (κ1) is 38.6. The lowest BCUT2D eigenvalue weighted by molar-refractivity contribution is -0.384. The van der Waals surface area contributed by atoms with Crippen molar-refractivity contribution in [2.24, 2.45) is 5.11 Å². The molecule has 2 aromatic carbocycles. The number of nitro groups is 1. The van der Waals surface area contributed by atoms with Crippen LogP contribution in [0.15, 0.2) is 82.8 Å². The van der Waals surface area contributed by atoms with E-state index in [9.17, 15) is 24.5 Å². The number of esters is 2. The number of likely N-dealkylation sites (tertiary alicyclic amines) is 1. The molecule has 0 aliphatic carbocycles. The standard InChI is InChI=1S/C36H45N7O8/c1-4-30-32(34(45)49-3)29(26-12-14-28(15-13-26)43(47)48)24-31(39-30)33(44)42(25-50-23-18-38-40-37)20-9-19-41-21-16-36(17-22-41,35(46)51-5-2)27-10-7-6-8-11-27/h6-8,10-15,24,29,39H,4-5,9,16-23,25H2,1-3H3. The molecule has 15 nitrogen and oxygen atoms in total. The number of benzene rings is 2. The van der Waals surface area contributed by atoms with Gasteiger partial charge in [-0.05, 0) is 75.0 Å². The monoisotopic (exact) mass is 703 g/mol. The number of carbonyl (C=O) groups excluding carboxylic acids is 3. The number of methoxy groups -OCH3 is 1. The summed E-state index contributed by atoms with van der Waals surface area (Å²) in [6, 6.07) is 15.6. The lowest BCUT2D eigenvalue weighted by atomic mass is 9.72. The number of nitro benzene ring substituents is 1. The Hall–Kier alpha value is -5.24. The van der Waals surface area contributed by atoms with Crippen LogP contribution >= 0.6 is 0 Å². The Kier molecular flexibility index (Phi) is 14.1. The van der Waals surface area contributed by atoms with Crippen molar-refractivity contribution in [2.75, 3.05) is 59.8 Å². The lowest BCUT2D eigenvalue weighted by Gasteiger charge is -2.40. The van der Waals surface area contributed by atoms with Gasteiger partial charge in [0.1, 0.15) is 12.4 Å². The summed E-state index contributed by atoms with van der Waals surface area (Å²) in [4.78, 5) is 57.7. The van der Waals surface area contributed by atoms with Gasteiger partial charge in [0, 0.05) is 41.7 Å². The number of dihydropyridines is 1. The number of nitrogens with zero attached hydrogens (tertiary/aromatic N) is 6. The number of non-ortho nitro benzene ring substituents is 1. The summed E-state index contributed by atoms with van der Waals surface area (Å²) in [7, 11) is 1.27. The molecule has 4 rings (SSSR count). The Balaban J connectivity index is 1.51. The van der Waals surface area contributed by atoms with Gasteiger partial charge in [0.2, 0.25) is 0 Å². The molecule has 0 bridgehead atoms. The lowest BCUT2D eigenvalue weighted by Crippen LogP contribution is -2.48. The normalized spacial score (nSPS) is 17.0. The summed E-state index contributed by atoms with van der Waals surface area (Å²) in [6.45, 7) is 6.45. The number of ether oxygens (including phenoxy) is 3. The van der Waals surface area contributed by atoms with Crippen molar-refractivity contribution < 1.29 is 33.5 Å². The van der Waals surface area contributed by atoms with Gasteiger partial charge in [-0.25, -0.2) is 4.79 Å². The van der Waals surface area contributed by atoms with Crippen molar-refractivity contribution in [2.45, 2.75) is 50.9 Å². The minimum atomic E-state index is -0.709. The number of hydrogen-bond donors (Lipinski definition) is 1. The van der Waals surface area contributed by atoms with Gasteiger partial charge in [-0.1, -0.05) is 54.5 Å². The zero-order valence-corrected chi connectivity index (χ0v) is 29.3. The average Bonchev–Trinajstić information content (AvgIpc) is 3.16. The van der Waals surface area contributed by atoms with E-state index in [-0.39, 0.29) is 43.1 Å². The summed E-state index contributed by atoms with van der Waals surface area (Å²) in [6.07, 6.45) is 3.83. The molecule has 51 heavy (non-hydrogen) atoms. The molecule has 272 valence electrons. The van der Waals surface area contributed by atoms with Crippen molar-refractivity contribution in [3.8, 4) is 0 Å². The molecular formula is C36H45N7O8. The van der Waals surface area contributed by atoms with Crippen LogP contribution in [0.5, 0.6) is 0 Å². The van der Waals surface area contributed by atoms with E-state index in [1.54, 1.807) is 23.1 Å². The molecule has 0 saturated carbocycles. The Morgan fingerprint density at radius 2 is 1.82 bits per heavy atom. The topological polar surface area (TPSA) is 189 Å². The average molecular weight is 704 g/mol. The van der Waals surface area contributed by atoms with Gasteiger partial charge < -0.3 is 29.3 Å². The zero-order chi connectivity index (χ0) is 36.8. The maximum atomic E-state index is 14.1. The smallest absolute Gasteiger partial charge is 0.336 e. The molecule has 1 atom stereocenters. The Morgan fingerprint density at radius 1 is 1.12 bits per heavy atom. The second-order valence-corrected chi connectivity index (χ2v) is 12.2. The summed E-state index contributed by atoms with van der Waals surface area (Å²) in [5.41, 5.74) is 10.4. The molecule has 2 aromatic rings. The van der Waals surface area contributed by atoms with Gasteiger partial charge in [0.15, 0.2) is 0 Å². The molecule has 1 amide bonds. The number of hydrogen-bond acceptors (Lipinski definition) is 11. The first-order valence-corrected chi connectivity index (χ1v) is 17.1. The predicted octanol–water partition coefficient (Wildman–Crippen LogP) is 5.10. The molecule has 2 aliphatic heterocycles. The number of allylic oxidation sites excluding steroid dienone is 2. The number of amides is 1. The Bertz CT molecular complexity index is 1650. The summed E-state index contributed by atoms with van der Waals surface area (Å²) in [5, 5.41) is 17.9. The quantitative estimate of drug-likeness (QED) is 0.0339. The van der Waals surface area contributed by atoms with Crippen molar-refractivity contribution in [3.63, 3.8) is 0 Å². The third-order valence-corrected chi connectivity index (χ3v) is 9.25. The van der Waals surface area contributed by atoms with E-state index < -0.39 is 22.2 Å². The van der Waals surface area contributed by atoms with Gasteiger partial charge in [-0.3, -0.25) is 19.7 Å². The molecule has 0 spiro atoms. The largest absolute Gasteiger partial charge is 0.466 e. The van der Waals surface area contributed by atoms with Gasteiger partial charge >= 0.3 is 11.9 Å². The fourth-order valence-electron chi connectivity index (χ4n) is 6.54. The third-order valence-electron chi connectivity index (χ3n) is 9.25. The molecule has 0 aromatic heterocycles. The van der Waals surface area contributed by atoms with E-state index in [2.05, 4.69) is 20.2 Å². The second kappa shape index (κ2) is 18.7. The fraction of sp³-hybridized carbons (Fsp3) is 0.472. The number of rotatable bonds is 17. The van der Waals surface area contributed by atoms with Crippen LogP contribution in [-0.4, -0.2) is 92.3 Å². The van der Waals surface area contributed by atoms with Gasteiger partial charge in [0.25, 0.3) is 11.6 Å². The highest BCUT2D eigenvalue weighted by atomic mass is 16.6. The molecule has 0 radical (unpaired) electrons. The zero-order valence-electron chi connectivity index (χ0n) is 29.3. The first-order chi connectivity index (χ1) is 24.7. The van der Waals surface area contributed by atoms with E-state index in [0.717, 1.165) is 5.56 Å². The van der Waals surface area contributed by atoms with Crippen molar-refractivity contribution >= 4 is 23.5 Å². The molecule has 2 aliphatic rings. The SMILES string of the molecule is CCOC(=O)C1(c2ccccc2)CCN(CCCN(COCCN=[N+]=[N-])C(=O)C2=CC(c3ccc([N+](=O)[O-])cc3)C(C(=O)OC)=C(CC)N2)CC1. The molecule has 2 heterocycles. The minimum absolute atomic E-state index is 0.0734. The van der Waals surface area contributed by atoms with E-state index in [4.69, 9.17) is 19.7 Å². The highest BCUT2D eigenvalue weighted by Gasteiger charge is 2.44. The summed E-state index contributed by atoms with van der Waals surface area (Å²) < 4.78 is 16.3. The van der Waals surface area contributed by atoms with Crippen LogP contribution in [0.2, 0.25) is 0 Å². The number of azide groups is 1. The van der Waals surface area contributed by atoms with Crippen LogP contribution in [0.4, 0.5) is 5.69 Å². The van der Waals surface area contributed by atoms with E-state index >= 15 is 0 Å². The Morgan fingerprint density at radius 3 is 2.43 bits per heavy atom. The van der Waals surface area contributed by atoms with Crippen molar-refractivity contribution in [1.82, 2.24) is 15.1 Å². The van der Waals surface area contributed by atoms with Crippen LogP contribution < -0.4 is 5.32 Å². The van der Waals surface area contributed by atoms with Crippen molar-refractivity contribution in [1.29, 1.82) is 0 Å². The highest BCUT2D eigenvalue weighted by Crippen LogP contribution is 2.38. The van der Waals surface area contributed by atoms with Gasteiger partial charge in [-0.15, -0.1) is 0 Å². The van der Waals surface area contributed by atoms with Crippen LogP contribution in [-0.2, 0) is 34.0 Å². The predicted molar refractivity (Wildman–Crippen MR) is 188 cm³/mol. The van der Waals surface area contributed by atoms with Crippen LogP contribution in [0.25, 0.3) is 10.4 Å². The molecule has 15 heteroatoms. The summed E-state index contributed by atoms with van der Waals surface area (Å²) >= 11 is 0. The van der Waals surface area contributed by atoms with Crippen LogP contribution in [0, 0.1) is 10.1 Å². The molecule has 1 unspecified atom stereocenters. The second-order valence-electron chi connectivity index (χ2n) is 12.2. The van der Waals surface area contributed by atoms with Gasteiger partial charge in [-0.2, -0.15) is 0 Å².